The van der Waals surface area contributed by atoms with Crippen LogP contribution in [0.4, 0.5) is 23.7 Å². The van der Waals surface area contributed by atoms with E-state index in [-0.39, 0.29) is 0 Å². The fourth-order valence-corrected chi connectivity index (χ4v) is 1.32. The maximum atomic E-state index is 11.8. The Morgan fingerprint density at radius 1 is 1.20 bits per heavy atom. The van der Waals surface area contributed by atoms with Crippen molar-refractivity contribution in [3.8, 4) is 0 Å². The number of hydrogen-bond donors (Lipinski definition) is 3. The Bertz CT molecular complexity index is 489. The van der Waals surface area contributed by atoms with Gasteiger partial charge in [0, 0.05) is 5.69 Å². The zero-order valence-electron chi connectivity index (χ0n) is 10.7. The predicted molar refractivity (Wildman–Crippen MR) is 67.3 cm³/mol. The van der Waals surface area contributed by atoms with E-state index in [2.05, 4.69) is 10.6 Å². The number of halogens is 3. The number of benzene rings is 1. The first-order chi connectivity index (χ1) is 9.26. The van der Waals surface area contributed by atoms with Crippen LogP contribution in [0.15, 0.2) is 24.3 Å². The number of urea groups is 1. The monoisotopic (exact) mass is 289 g/mol. The lowest BCUT2D eigenvalue weighted by Gasteiger charge is -2.10. The van der Waals surface area contributed by atoms with E-state index in [1.54, 1.807) is 23.5 Å². The van der Waals surface area contributed by atoms with Crippen molar-refractivity contribution < 1.29 is 22.8 Å². The Labute approximate surface area is 113 Å². The lowest BCUT2D eigenvalue weighted by atomic mass is 10.2. The van der Waals surface area contributed by atoms with Crippen molar-refractivity contribution in [1.29, 1.82) is 0 Å². The molecular formula is C12H14F3N3O2. The maximum absolute atomic E-state index is 11.8. The molecule has 0 unspecified atom stereocenters. The number of aryl methyl sites for hydroxylation is 1. The molecule has 0 aromatic heterocycles. The molecule has 20 heavy (non-hydrogen) atoms. The number of anilines is 1. The van der Waals surface area contributed by atoms with Crippen molar-refractivity contribution in [2.45, 2.75) is 13.1 Å². The van der Waals surface area contributed by atoms with Crippen LogP contribution in [0, 0.1) is 6.92 Å². The summed E-state index contributed by atoms with van der Waals surface area (Å²) < 4.78 is 35.5. The van der Waals surface area contributed by atoms with E-state index in [9.17, 15) is 22.8 Å². The van der Waals surface area contributed by atoms with E-state index in [1.165, 1.54) is 0 Å². The van der Waals surface area contributed by atoms with Crippen molar-refractivity contribution in [2.24, 2.45) is 0 Å². The van der Waals surface area contributed by atoms with Crippen molar-refractivity contribution in [3.63, 3.8) is 0 Å². The molecule has 8 heteroatoms. The summed E-state index contributed by atoms with van der Waals surface area (Å²) in [5.74, 6) is -0.915. The maximum Gasteiger partial charge on any atom is 0.405 e. The Kier molecular flexibility index (Phi) is 5.36. The van der Waals surface area contributed by atoms with Gasteiger partial charge in [0.1, 0.15) is 6.54 Å². The van der Waals surface area contributed by atoms with Gasteiger partial charge in [0.15, 0.2) is 0 Å². The molecule has 0 aliphatic rings. The molecule has 0 aliphatic carbocycles. The molecule has 1 rings (SSSR count). The van der Waals surface area contributed by atoms with E-state index in [4.69, 9.17) is 0 Å². The number of amides is 3. The van der Waals surface area contributed by atoms with Crippen LogP contribution in [-0.2, 0) is 4.79 Å². The van der Waals surface area contributed by atoms with Crippen molar-refractivity contribution >= 4 is 17.6 Å². The Morgan fingerprint density at radius 3 is 2.50 bits per heavy atom. The van der Waals surface area contributed by atoms with Crippen LogP contribution in [0.3, 0.4) is 0 Å². The fourth-order valence-electron chi connectivity index (χ4n) is 1.32. The molecule has 0 fully saturated rings. The van der Waals surface area contributed by atoms with Gasteiger partial charge in [-0.3, -0.25) is 4.79 Å². The van der Waals surface area contributed by atoms with Gasteiger partial charge in [0.2, 0.25) is 5.91 Å². The first-order valence-electron chi connectivity index (χ1n) is 5.71. The highest BCUT2D eigenvalue weighted by molar-refractivity contribution is 5.92. The second-order valence-electron chi connectivity index (χ2n) is 4.07. The quantitative estimate of drug-likeness (QED) is 0.791. The Morgan fingerprint density at radius 2 is 1.90 bits per heavy atom. The molecule has 0 bridgehead atoms. The molecule has 0 radical (unpaired) electrons. The summed E-state index contributed by atoms with van der Waals surface area (Å²) in [5, 5.41) is 6.26. The highest BCUT2D eigenvalue weighted by atomic mass is 19.4. The molecule has 0 saturated carbocycles. The van der Waals surface area contributed by atoms with Crippen LogP contribution in [-0.4, -0.2) is 31.2 Å². The van der Waals surface area contributed by atoms with E-state index >= 15 is 0 Å². The number of rotatable bonds is 4. The fraction of sp³-hybridized carbons (Fsp3) is 0.333. The molecule has 0 saturated heterocycles. The summed E-state index contributed by atoms with van der Waals surface area (Å²) in [6, 6.07) is 6.27. The lowest BCUT2D eigenvalue weighted by molar-refractivity contribution is -0.137. The highest BCUT2D eigenvalue weighted by Gasteiger charge is 2.27. The first kappa shape index (κ1) is 15.8. The average Bonchev–Trinajstić information content (AvgIpc) is 2.33. The van der Waals surface area contributed by atoms with Crippen molar-refractivity contribution in [2.75, 3.05) is 18.4 Å². The van der Waals surface area contributed by atoms with Gasteiger partial charge in [0.25, 0.3) is 0 Å². The minimum atomic E-state index is -4.47. The molecule has 3 amide bonds. The summed E-state index contributed by atoms with van der Waals surface area (Å²) in [4.78, 5) is 22.5. The topological polar surface area (TPSA) is 70.2 Å². The molecule has 0 aliphatic heterocycles. The molecule has 1 aromatic carbocycles. The molecule has 3 N–H and O–H groups in total. The first-order valence-corrected chi connectivity index (χ1v) is 5.71. The summed E-state index contributed by atoms with van der Waals surface area (Å²) >= 11 is 0. The lowest BCUT2D eigenvalue weighted by Crippen LogP contribution is -2.42. The molecule has 110 valence electrons. The molecule has 5 nitrogen and oxygen atoms in total. The van der Waals surface area contributed by atoms with Gasteiger partial charge < -0.3 is 16.0 Å². The number of alkyl halides is 3. The van der Waals surface area contributed by atoms with Gasteiger partial charge in [-0.1, -0.05) is 12.1 Å². The summed E-state index contributed by atoms with van der Waals surface area (Å²) in [6.07, 6.45) is -4.47. The van der Waals surface area contributed by atoms with Crippen LogP contribution in [0.5, 0.6) is 0 Å². The summed E-state index contributed by atoms with van der Waals surface area (Å²) in [6.45, 7) is -0.117. The SMILES string of the molecule is Cc1cccc(NC(=O)NCC(=O)NCC(F)(F)F)c1. The summed E-state index contributed by atoms with van der Waals surface area (Å²) in [5.41, 5.74) is 1.46. The number of carbonyl (C=O) groups excluding carboxylic acids is 2. The van der Waals surface area contributed by atoms with Crippen LogP contribution in [0.1, 0.15) is 5.56 Å². The van der Waals surface area contributed by atoms with Crippen LogP contribution in [0.2, 0.25) is 0 Å². The second kappa shape index (κ2) is 6.78. The zero-order valence-corrected chi connectivity index (χ0v) is 10.7. The van der Waals surface area contributed by atoms with Gasteiger partial charge in [-0.25, -0.2) is 4.79 Å². The number of hydrogen-bond acceptors (Lipinski definition) is 2. The van der Waals surface area contributed by atoms with E-state index in [0.29, 0.717) is 5.69 Å². The molecule has 0 heterocycles. The second-order valence-corrected chi connectivity index (χ2v) is 4.07. The van der Waals surface area contributed by atoms with Crippen LogP contribution < -0.4 is 16.0 Å². The van der Waals surface area contributed by atoms with E-state index in [1.807, 2.05) is 13.0 Å². The smallest absolute Gasteiger partial charge is 0.345 e. The van der Waals surface area contributed by atoms with Crippen LogP contribution in [0.25, 0.3) is 0 Å². The van der Waals surface area contributed by atoms with Gasteiger partial charge in [0.05, 0.1) is 6.54 Å². The Hall–Kier alpha value is -2.25. The largest absolute Gasteiger partial charge is 0.405 e. The number of nitrogens with one attached hydrogen (secondary N) is 3. The Balaban J connectivity index is 2.31. The van der Waals surface area contributed by atoms with E-state index < -0.39 is 31.2 Å². The molecule has 1 aromatic rings. The van der Waals surface area contributed by atoms with Gasteiger partial charge in [-0.15, -0.1) is 0 Å². The van der Waals surface area contributed by atoms with Gasteiger partial charge in [-0.05, 0) is 24.6 Å². The van der Waals surface area contributed by atoms with Crippen LogP contribution >= 0.6 is 0 Å². The van der Waals surface area contributed by atoms with Gasteiger partial charge in [-0.2, -0.15) is 13.2 Å². The zero-order chi connectivity index (χ0) is 15.2. The highest BCUT2D eigenvalue weighted by Crippen LogP contribution is 2.12. The summed E-state index contributed by atoms with van der Waals surface area (Å²) in [7, 11) is 0. The minimum Gasteiger partial charge on any atom is -0.345 e. The average molecular weight is 289 g/mol. The number of carbonyl (C=O) groups is 2. The molecule has 0 atom stereocenters. The third kappa shape index (κ3) is 6.62. The normalized spacial score (nSPS) is 10.8. The van der Waals surface area contributed by atoms with Crippen molar-refractivity contribution in [3.05, 3.63) is 29.8 Å². The standard InChI is InChI=1S/C12H14F3N3O2/c1-8-3-2-4-9(5-8)18-11(20)16-6-10(19)17-7-12(13,14)15/h2-5H,6-7H2,1H3,(H,17,19)(H2,16,18,20). The van der Waals surface area contributed by atoms with Gasteiger partial charge >= 0.3 is 12.2 Å². The molecule has 0 spiro atoms. The predicted octanol–water partition coefficient (Wildman–Crippen LogP) is 1.80. The third-order valence-corrected chi connectivity index (χ3v) is 2.17. The minimum absolute atomic E-state index is 0.526. The van der Waals surface area contributed by atoms with E-state index in [0.717, 1.165) is 5.56 Å². The molecular weight excluding hydrogens is 275 g/mol. The van der Waals surface area contributed by atoms with Crippen molar-refractivity contribution in [1.82, 2.24) is 10.6 Å². The third-order valence-electron chi connectivity index (χ3n) is 2.17.